The Hall–Kier alpha value is -1.20. The first-order valence-electron chi connectivity index (χ1n) is 4.38. The van der Waals surface area contributed by atoms with Gasteiger partial charge in [0.15, 0.2) is 5.60 Å². The zero-order chi connectivity index (χ0) is 9.76. The highest BCUT2D eigenvalue weighted by molar-refractivity contribution is 7.15. The maximum atomic E-state index is 11.9. The van der Waals surface area contributed by atoms with E-state index >= 15 is 0 Å². The van der Waals surface area contributed by atoms with Gasteiger partial charge < -0.3 is 10.4 Å². The smallest absolute Gasteiger partial charge is 0.205 e. The fourth-order valence-electron chi connectivity index (χ4n) is 1.86. The lowest BCUT2D eigenvalue weighted by Crippen LogP contribution is -2.50. The summed E-state index contributed by atoms with van der Waals surface area (Å²) in [6, 6.07) is 1.74. The molecule has 0 fully saturated rings. The van der Waals surface area contributed by atoms with E-state index in [-0.39, 0.29) is 5.78 Å². The molecular formula is C9H8N2O2S. The first-order valence-corrected chi connectivity index (χ1v) is 5.26. The Balaban J connectivity index is 2.21. The standard InChI is InChI=1S/C9H8N2O2S/c12-6-5-1-4-14-7(5)11-8-9(6,13)2-3-10-8/h1,4,13H,2-3H2,(H,10,11). The molecule has 4 nitrogen and oxygen atoms in total. The molecule has 0 radical (unpaired) electrons. The van der Waals surface area contributed by atoms with Gasteiger partial charge in [-0.05, 0) is 11.4 Å². The molecule has 1 atom stereocenters. The molecule has 0 spiro atoms. The topological polar surface area (TPSA) is 61.7 Å². The average molecular weight is 208 g/mol. The minimum atomic E-state index is -1.38. The van der Waals surface area contributed by atoms with Crippen LogP contribution in [0, 0.1) is 0 Å². The number of amidine groups is 1. The van der Waals surface area contributed by atoms with Gasteiger partial charge in [-0.15, -0.1) is 11.3 Å². The zero-order valence-electron chi connectivity index (χ0n) is 7.28. The summed E-state index contributed by atoms with van der Waals surface area (Å²) in [6.45, 7) is 0.513. The van der Waals surface area contributed by atoms with Crippen LogP contribution in [0.5, 0.6) is 0 Å². The third kappa shape index (κ3) is 0.809. The predicted molar refractivity (Wildman–Crippen MR) is 54.1 cm³/mol. The van der Waals surface area contributed by atoms with Gasteiger partial charge in [-0.2, -0.15) is 0 Å². The molecule has 1 aromatic heterocycles. The van der Waals surface area contributed by atoms with Crippen LogP contribution >= 0.6 is 11.3 Å². The number of carbonyl (C=O) groups excluding carboxylic acids is 1. The lowest BCUT2D eigenvalue weighted by molar-refractivity contribution is 0.0597. The molecule has 1 unspecified atom stereocenters. The highest BCUT2D eigenvalue weighted by atomic mass is 32.1. The van der Waals surface area contributed by atoms with Gasteiger partial charge in [0.1, 0.15) is 10.8 Å². The number of aliphatic hydroxyl groups is 1. The van der Waals surface area contributed by atoms with Gasteiger partial charge in [0.25, 0.3) is 0 Å². The molecule has 72 valence electrons. The third-order valence-corrected chi connectivity index (χ3v) is 3.48. The number of hydrogen-bond donors (Lipinski definition) is 2. The summed E-state index contributed by atoms with van der Waals surface area (Å²) in [5, 5.41) is 15.7. The van der Waals surface area contributed by atoms with Gasteiger partial charge in [0.05, 0.1) is 5.56 Å². The number of hydrogen-bond acceptors (Lipinski definition) is 5. The lowest BCUT2D eigenvalue weighted by atomic mass is 9.88. The monoisotopic (exact) mass is 208 g/mol. The number of Topliss-reactive ketones (excluding diaryl/α,β-unsaturated/α-hetero) is 1. The summed E-state index contributed by atoms with van der Waals surface area (Å²) < 4.78 is 0. The van der Waals surface area contributed by atoms with Crippen molar-refractivity contribution in [3.05, 3.63) is 17.0 Å². The summed E-state index contributed by atoms with van der Waals surface area (Å²) in [4.78, 5) is 16.0. The number of thiophene rings is 1. The van der Waals surface area contributed by atoms with Gasteiger partial charge in [-0.1, -0.05) is 0 Å². The number of fused-ring (bicyclic) bond motifs is 2. The van der Waals surface area contributed by atoms with Crippen LogP contribution in [0.4, 0.5) is 5.00 Å². The van der Waals surface area contributed by atoms with E-state index in [0.29, 0.717) is 24.4 Å². The second-order valence-corrected chi connectivity index (χ2v) is 4.37. The Morgan fingerprint density at radius 3 is 3.36 bits per heavy atom. The summed E-state index contributed by atoms with van der Waals surface area (Å²) in [6.07, 6.45) is 0.392. The van der Waals surface area contributed by atoms with E-state index in [4.69, 9.17) is 0 Å². The van der Waals surface area contributed by atoms with E-state index < -0.39 is 5.60 Å². The first kappa shape index (κ1) is 8.14. The van der Waals surface area contributed by atoms with Crippen LogP contribution in [-0.4, -0.2) is 28.9 Å². The normalized spacial score (nSPS) is 29.2. The second-order valence-electron chi connectivity index (χ2n) is 3.46. The molecule has 1 aromatic rings. The van der Waals surface area contributed by atoms with Crippen molar-refractivity contribution >= 4 is 28.0 Å². The minimum absolute atomic E-state index is 0.219. The number of carbonyl (C=O) groups is 1. The van der Waals surface area contributed by atoms with Crippen molar-refractivity contribution in [3.63, 3.8) is 0 Å². The molecule has 0 bridgehead atoms. The number of nitrogens with one attached hydrogen (secondary N) is 1. The van der Waals surface area contributed by atoms with Crippen molar-refractivity contribution in [1.82, 2.24) is 0 Å². The first-order chi connectivity index (χ1) is 6.72. The summed E-state index contributed by atoms with van der Waals surface area (Å²) in [7, 11) is 0. The Kier molecular flexibility index (Phi) is 1.41. The molecule has 0 aromatic carbocycles. The number of anilines is 1. The highest BCUT2D eigenvalue weighted by Gasteiger charge is 2.48. The van der Waals surface area contributed by atoms with Crippen LogP contribution in [0.1, 0.15) is 16.8 Å². The summed E-state index contributed by atoms with van der Waals surface area (Å²) in [5.74, 6) is 0.196. The molecule has 3 heterocycles. The van der Waals surface area contributed by atoms with Crippen molar-refractivity contribution in [1.29, 1.82) is 0 Å². The number of nitrogens with zero attached hydrogens (tertiary/aromatic N) is 1. The van der Waals surface area contributed by atoms with Gasteiger partial charge >= 0.3 is 0 Å². The molecule has 5 heteroatoms. The fourth-order valence-corrected chi connectivity index (χ4v) is 2.64. The van der Waals surface area contributed by atoms with Gasteiger partial charge in [-0.3, -0.25) is 9.79 Å². The highest BCUT2D eigenvalue weighted by Crippen LogP contribution is 2.36. The van der Waals surface area contributed by atoms with E-state index in [1.165, 1.54) is 11.3 Å². The minimum Gasteiger partial charge on any atom is -0.374 e. The lowest BCUT2D eigenvalue weighted by Gasteiger charge is -2.28. The molecule has 0 saturated heterocycles. The molecular weight excluding hydrogens is 200 g/mol. The van der Waals surface area contributed by atoms with E-state index in [1.807, 2.05) is 5.38 Å². The largest absolute Gasteiger partial charge is 0.374 e. The summed E-state index contributed by atoms with van der Waals surface area (Å²) >= 11 is 1.45. The Morgan fingerprint density at radius 2 is 2.50 bits per heavy atom. The van der Waals surface area contributed by atoms with Crippen LogP contribution in [0.25, 0.3) is 0 Å². The van der Waals surface area contributed by atoms with Crippen molar-refractivity contribution < 1.29 is 9.90 Å². The Morgan fingerprint density at radius 1 is 1.64 bits per heavy atom. The number of ketones is 1. The van der Waals surface area contributed by atoms with E-state index in [1.54, 1.807) is 6.07 Å². The van der Waals surface area contributed by atoms with Crippen molar-refractivity contribution in [2.24, 2.45) is 4.99 Å². The van der Waals surface area contributed by atoms with Crippen LogP contribution in [0.15, 0.2) is 16.4 Å². The predicted octanol–water partition coefficient (Wildman–Crippen LogP) is 0.890. The molecule has 0 saturated carbocycles. The molecule has 0 aliphatic carbocycles. The molecule has 2 aliphatic heterocycles. The van der Waals surface area contributed by atoms with Crippen LogP contribution in [-0.2, 0) is 0 Å². The number of aliphatic imine (C=N–C) groups is 1. The van der Waals surface area contributed by atoms with E-state index in [2.05, 4.69) is 10.3 Å². The molecule has 2 aliphatic rings. The Bertz CT molecular complexity index is 451. The van der Waals surface area contributed by atoms with Gasteiger partial charge in [0, 0.05) is 13.0 Å². The van der Waals surface area contributed by atoms with Crippen LogP contribution in [0.2, 0.25) is 0 Å². The summed E-state index contributed by atoms with van der Waals surface area (Å²) in [5.41, 5.74) is -0.799. The SMILES string of the molecule is O=C1c2ccsc2NC2=NCCC12O. The number of rotatable bonds is 0. The van der Waals surface area contributed by atoms with Crippen LogP contribution < -0.4 is 5.32 Å². The van der Waals surface area contributed by atoms with Gasteiger partial charge in [0.2, 0.25) is 5.78 Å². The average Bonchev–Trinajstić information content (AvgIpc) is 2.74. The third-order valence-electron chi connectivity index (χ3n) is 2.65. The quantitative estimate of drug-likeness (QED) is 0.665. The van der Waals surface area contributed by atoms with E-state index in [0.717, 1.165) is 5.00 Å². The Labute approximate surface area is 84.3 Å². The van der Waals surface area contributed by atoms with Gasteiger partial charge in [-0.25, -0.2) is 0 Å². The van der Waals surface area contributed by atoms with Crippen molar-refractivity contribution in [2.75, 3.05) is 11.9 Å². The molecule has 14 heavy (non-hydrogen) atoms. The van der Waals surface area contributed by atoms with Crippen LogP contribution in [0.3, 0.4) is 0 Å². The van der Waals surface area contributed by atoms with Crippen molar-refractivity contribution in [2.45, 2.75) is 12.0 Å². The molecule has 0 amide bonds. The maximum Gasteiger partial charge on any atom is 0.205 e. The molecule has 3 rings (SSSR count). The van der Waals surface area contributed by atoms with Crippen molar-refractivity contribution in [3.8, 4) is 0 Å². The fraction of sp³-hybridized carbons (Fsp3) is 0.333. The maximum absolute atomic E-state index is 11.9. The second kappa shape index (κ2) is 2.43. The zero-order valence-corrected chi connectivity index (χ0v) is 8.10. The van der Waals surface area contributed by atoms with E-state index in [9.17, 15) is 9.90 Å². The molecule has 2 N–H and O–H groups in total.